The van der Waals surface area contributed by atoms with E-state index in [1.807, 2.05) is 0 Å². The number of hydrogen-bond donors (Lipinski definition) is 2. The highest BCUT2D eigenvalue weighted by Crippen LogP contribution is 2.30. The number of hydrogen-bond acceptors (Lipinski definition) is 2. The molecule has 2 rings (SSSR count). The van der Waals surface area contributed by atoms with Gasteiger partial charge in [0.25, 0.3) is 5.91 Å². The van der Waals surface area contributed by atoms with Gasteiger partial charge in [-0.1, -0.05) is 24.3 Å². The number of alkyl halides is 3. The number of rotatable bonds is 2. The molecule has 0 unspecified atom stereocenters. The predicted octanol–water partition coefficient (Wildman–Crippen LogP) is 3.49. The van der Waals surface area contributed by atoms with Crippen molar-refractivity contribution >= 4 is 5.91 Å². The minimum Gasteiger partial charge on any atom is -0.288 e. The third kappa shape index (κ3) is 2.97. The number of amides is 1. The van der Waals surface area contributed by atoms with Gasteiger partial charge in [-0.15, -0.1) is 0 Å². The van der Waals surface area contributed by atoms with Crippen molar-refractivity contribution in [2.75, 3.05) is 0 Å². The van der Waals surface area contributed by atoms with Crippen LogP contribution in [0.15, 0.2) is 48.5 Å². The molecule has 104 valence electrons. The molecular weight excluding hydrogens is 271 g/mol. The van der Waals surface area contributed by atoms with Crippen molar-refractivity contribution in [3.63, 3.8) is 0 Å². The summed E-state index contributed by atoms with van der Waals surface area (Å²) in [5.74, 6) is -0.649. The summed E-state index contributed by atoms with van der Waals surface area (Å²) >= 11 is 0. The highest BCUT2D eigenvalue weighted by atomic mass is 19.4. The Morgan fingerprint density at radius 1 is 0.900 bits per heavy atom. The molecule has 0 saturated heterocycles. The van der Waals surface area contributed by atoms with Gasteiger partial charge < -0.3 is 0 Å². The zero-order valence-corrected chi connectivity index (χ0v) is 10.1. The van der Waals surface area contributed by atoms with Gasteiger partial charge in [0.15, 0.2) is 0 Å². The molecule has 0 aromatic heterocycles. The molecule has 6 heteroatoms. The van der Waals surface area contributed by atoms with Crippen LogP contribution < -0.4 is 5.48 Å². The van der Waals surface area contributed by atoms with Crippen LogP contribution in [0.1, 0.15) is 15.9 Å². The fraction of sp³-hybridized carbons (Fsp3) is 0.0714. The summed E-state index contributed by atoms with van der Waals surface area (Å²) in [6.45, 7) is 0. The number of nitrogens with one attached hydrogen (secondary N) is 1. The summed E-state index contributed by atoms with van der Waals surface area (Å²) in [4.78, 5) is 11.1. The number of carbonyl (C=O) groups excluding carboxylic acids is 1. The Bertz CT molecular complexity index is 604. The van der Waals surface area contributed by atoms with E-state index in [9.17, 15) is 18.0 Å². The summed E-state index contributed by atoms with van der Waals surface area (Å²) in [5.41, 5.74) is 2.32. The topological polar surface area (TPSA) is 49.3 Å². The molecule has 0 heterocycles. The van der Waals surface area contributed by atoms with Gasteiger partial charge in [0.2, 0.25) is 0 Å². The van der Waals surface area contributed by atoms with E-state index in [2.05, 4.69) is 0 Å². The molecule has 1 amide bonds. The molecule has 0 radical (unpaired) electrons. The Kier molecular flexibility index (Phi) is 3.76. The van der Waals surface area contributed by atoms with Crippen LogP contribution in [0.25, 0.3) is 11.1 Å². The second kappa shape index (κ2) is 5.34. The maximum Gasteiger partial charge on any atom is 0.416 e. The Balaban J connectivity index is 2.26. The van der Waals surface area contributed by atoms with Crippen LogP contribution >= 0.6 is 0 Å². The van der Waals surface area contributed by atoms with E-state index in [4.69, 9.17) is 5.21 Å². The molecule has 0 saturated carbocycles. The van der Waals surface area contributed by atoms with Crippen LogP contribution in [0, 0.1) is 0 Å². The van der Waals surface area contributed by atoms with E-state index in [0.717, 1.165) is 12.1 Å². The molecule has 0 aliphatic heterocycles. The smallest absolute Gasteiger partial charge is 0.288 e. The predicted molar refractivity (Wildman–Crippen MR) is 66.1 cm³/mol. The Labute approximate surface area is 112 Å². The average molecular weight is 281 g/mol. The molecule has 0 aliphatic carbocycles. The normalized spacial score (nSPS) is 11.2. The van der Waals surface area contributed by atoms with Crippen molar-refractivity contribution in [3.05, 3.63) is 59.7 Å². The summed E-state index contributed by atoms with van der Waals surface area (Å²) in [6.07, 6.45) is -4.36. The van der Waals surface area contributed by atoms with Gasteiger partial charge in [0.1, 0.15) is 0 Å². The van der Waals surface area contributed by atoms with Crippen molar-refractivity contribution in [2.45, 2.75) is 6.18 Å². The number of carbonyl (C=O) groups is 1. The summed E-state index contributed by atoms with van der Waals surface area (Å²) in [6, 6.07) is 10.9. The summed E-state index contributed by atoms with van der Waals surface area (Å²) < 4.78 is 37.3. The van der Waals surface area contributed by atoms with Gasteiger partial charge in [-0.05, 0) is 35.4 Å². The van der Waals surface area contributed by atoms with Crippen LogP contribution in [0.2, 0.25) is 0 Å². The molecule has 0 bridgehead atoms. The number of benzene rings is 2. The summed E-state index contributed by atoms with van der Waals surface area (Å²) in [7, 11) is 0. The molecule has 2 aromatic rings. The molecule has 2 N–H and O–H groups in total. The van der Waals surface area contributed by atoms with Crippen molar-refractivity contribution in [2.24, 2.45) is 0 Å². The molecule has 0 spiro atoms. The number of hydroxylamine groups is 1. The van der Waals surface area contributed by atoms with Crippen LogP contribution in [-0.2, 0) is 6.18 Å². The zero-order chi connectivity index (χ0) is 14.8. The maximum absolute atomic E-state index is 12.4. The van der Waals surface area contributed by atoms with Gasteiger partial charge >= 0.3 is 6.18 Å². The van der Waals surface area contributed by atoms with Crippen LogP contribution in [0.5, 0.6) is 0 Å². The first-order chi connectivity index (χ1) is 9.41. The third-order valence-electron chi connectivity index (χ3n) is 2.79. The van der Waals surface area contributed by atoms with Crippen molar-refractivity contribution in [1.82, 2.24) is 5.48 Å². The SMILES string of the molecule is O=C(NO)c1ccc(-c2ccc(C(F)(F)F)cc2)cc1. The first-order valence-corrected chi connectivity index (χ1v) is 5.64. The van der Waals surface area contributed by atoms with Crippen LogP contribution in [0.3, 0.4) is 0 Å². The zero-order valence-electron chi connectivity index (χ0n) is 10.1. The first-order valence-electron chi connectivity index (χ1n) is 5.64. The van der Waals surface area contributed by atoms with E-state index in [1.165, 1.54) is 29.7 Å². The quantitative estimate of drug-likeness (QED) is 0.654. The highest BCUT2D eigenvalue weighted by molar-refractivity contribution is 5.93. The molecular formula is C14H10F3NO2. The lowest BCUT2D eigenvalue weighted by molar-refractivity contribution is -0.137. The lowest BCUT2D eigenvalue weighted by Crippen LogP contribution is -2.18. The van der Waals surface area contributed by atoms with Gasteiger partial charge in [0, 0.05) is 5.56 Å². The standard InChI is InChI=1S/C14H10F3NO2/c15-14(16,17)12-7-5-10(6-8-12)9-1-3-11(4-2-9)13(19)18-20/h1-8,20H,(H,18,19). The Morgan fingerprint density at radius 2 is 1.35 bits per heavy atom. The van der Waals surface area contributed by atoms with E-state index in [1.54, 1.807) is 12.1 Å². The van der Waals surface area contributed by atoms with Gasteiger partial charge in [-0.2, -0.15) is 13.2 Å². The van der Waals surface area contributed by atoms with Gasteiger partial charge in [-0.25, -0.2) is 5.48 Å². The third-order valence-corrected chi connectivity index (χ3v) is 2.79. The van der Waals surface area contributed by atoms with E-state index >= 15 is 0 Å². The minimum atomic E-state index is -4.36. The molecule has 20 heavy (non-hydrogen) atoms. The fourth-order valence-electron chi connectivity index (χ4n) is 1.73. The Hall–Kier alpha value is -2.34. The van der Waals surface area contributed by atoms with Gasteiger partial charge in [-0.3, -0.25) is 10.0 Å². The number of halogens is 3. The molecule has 0 aliphatic rings. The van der Waals surface area contributed by atoms with E-state index in [-0.39, 0.29) is 5.56 Å². The van der Waals surface area contributed by atoms with E-state index < -0.39 is 17.6 Å². The largest absolute Gasteiger partial charge is 0.416 e. The van der Waals surface area contributed by atoms with E-state index in [0.29, 0.717) is 11.1 Å². The lowest BCUT2D eigenvalue weighted by atomic mass is 10.0. The first kappa shape index (κ1) is 14.1. The summed E-state index contributed by atoms with van der Waals surface area (Å²) in [5, 5.41) is 8.48. The van der Waals surface area contributed by atoms with Crippen molar-refractivity contribution < 1.29 is 23.2 Å². The van der Waals surface area contributed by atoms with Crippen molar-refractivity contribution in [3.8, 4) is 11.1 Å². The fourth-order valence-corrected chi connectivity index (χ4v) is 1.73. The molecule has 0 fully saturated rings. The van der Waals surface area contributed by atoms with Crippen LogP contribution in [-0.4, -0.2) is 11.1 Å². The molecule has 0 atom stereocenters. The Morgan fingerprint density at radius 3 is 1.75 bits per heavy atom. The second-order valence-electron chi connectivity index (χ2n) is 4.09. The van der Waals surface area contributed by atoms with Gasteiger partial charge in [0.05, 0.1) is 5.56 Å². The highest BCUT2D eigenvalue weighted by Gasteiger charge is 2.29. The molecule has 2 aromatic carbocycles. The monoisotopic (exact) mass is 281 g/mol. The lowest BCUT2D eigenvalue weighted by Gasteiger charge is -2.08. The van der Waals surface area contributed by atoms with Crippen molar-refractivity contribution in [1.29, 1.82) is 0 Å². The molecule has 3 nitrogen and oxygen atoms in total. The second-order valence-corrected chi connectivity index (χ2v) is 4.09. The maximum atomic E-state index is 12.4. The minimum absolute atomic E-state index is 0.253. The average Bonchev–Trinajstić information content (AvgIpc) is 2.46. The van der Waals surface area contributed by atoms with Crippen LogP contribution in [0.4, 0.5) is 13.2 Å².